The van der Waals surface area contributed by atoms with Gasteiger partial charge in [-0.25, -0.2) is 8.42 Å². The van der Waals surface area contributed by atoms with Crippen molar-refractivity contribution in [3.05, 3.63) is 118 Å². The smallest absolute Gasteiger partial charge is 0.264 e. The molecule has 0 saturated heterocycles. The van der Waals surface area contributed by atoms with Crippen LogP contribution in [0.2, 0.25) is 5.02 Å². The molecule has 4 aromatic rings. The zero-order valence-electron chi connectivity index (χ0n) is 27.2. The quantitative estimate of drug-likeness (QED) is 0.142. The van der Waals surface area contributed by atoms with Crippen LogP contribution in [0.25, 0.3) is 0 Å². The Morgan fingerprint density at radius 3 is 2.17 bits per heavy atom. The Bertz CT molecular complexity index is 1810. The second kappa shape index (κ2) is 16.9. The Hall–Kier alpha value is -4.06. The van der Waals surface area contributed by atoms with Gasteiger partial charge < -0.3 is 19.7 Å². The maximum atomic E-state index is 14.6. The highest BCUT2D eigenvalue weighted by Gasteiger charge is 2.35. The molecule has 12 heteroatoms. The first-order chi connectivity index (χ1) is 23.0. The second-order valence-electron chi connectivity index (χ2n) is 11.2. The number of hydrogen-bond acceptors (Lipinski definition) is 6. The van der Waals surface area contributed by atoms with Crippen LogP contribution in [0.15, 0.2) is 106 Å². The third-order valence-electron chi connectivity index (χ3n) is 7.85. The Labute approximate surface area is 296 Å². The van der Waals surface area contributed by atoms with E-state index in [9.17, 15) is 18.0 Å². The number of rotatable bonds is 15. The minimum Gasteiger partial charge on any atom is -0.493 e. The van der Waals surface area contributed by atoms with Crippen LogP contribution >= 0.6 is 27.5 Å². The van der Waals surface area contributed by atoms with E-state index in [0.717, 1.165) is 19.9 Å². The number of ether oxygens (including phenoxy) is 2. The van der Waals surface area contributed by atoms with Crippen LogP contribution < -0.4 is 19.1 Å². The number of nitrogens with zero attached hydrogens (tertiary/aromatic N) is 2. The van der Waals surface area contributed by atoms with E-state index in [2.05, 4.69) is 21.2 Å². The van der Waals surface area contributed by atoms with E-state index in [1.165, 1.54) is 49.5 Å². The molecule has 0 fully saturated rings. The average molecular weight is 757 g/mol. The minimum atomic E-state index is -4.36. The normalized spacial score (nSPS) is 12.5. The molecular formula is C36H39BrClN3O6S. The third-order valence-corrected chi connectivity index (χ3v) is 10.4. The molecule has 0 heterocycles. The fraction of sp³-hybridized carbons (Fsp3) is 0.278. The number of nitrogens with one attached hydrogen (secondary N) is 1. The molecule has 1 N–H and O–H groups in total. The zero-order valence-corrected chi connectivity index (χ0v) is 30.4. The largest absolute Gasteiger partial charge is 0.493 e. The summed E-state index contributed by atoms with van der Waals surface area (Å²) in [5.74, 6) is -0.352. The highest BCUT2D eigenvalue weighted by Crippen LogP contribution is 2.33. The van der Waals surface area contributed by atoms with Crippen molar-refractivity contribution in [2.45, 2.75) is 50.2 Å². The van der Waals surface area contributed by atoms with Crippen LogP contribution in [0.3, 0.4) is 0 Å². The highest BCUT2D eigenvalue weighted by molar-refractivity contribution is 9.10. The lowest BCUT2D eigenvalue weighted by molar-refractivity contribution is -0.140. The summed E-state index contributed by atoms with van der Waals surface area (Å²) in [5.41, 5.74) is 1.82. The summed E-state index contributed by atoms with van der Waals surface area (Å²) in [4.78, 5) is 30.0. The maximum absolute atomic E-state index is 14.6. The van der Waals surface area contributed by atoms with Crippen molar-refractivity contribution in [2.75, 3.05) is 25.1 Å². The zero-order chi connectivity index (χ0) is 34.8. The van der Waals surface area contributed by atoms with Crippen molar-refractivity contribution in [1.82, 2.24) is 10.2 Å². The first-order valence-corrected chi connectivity index (χ1v) is 18.0. The van der Waals surface area contributed by atoms with Gasteiger partial charge in [0.2, 0.25) is 11.8 Å². The standard InChI is InChI=1S/C36H39BrClN3O6S/c1-5-25(2)39-36(43)32(21-26-10-7-6-8-11-26)40(23-27-12-9-13-28(37)20-27)35(42)24-41(30-16-14-29(38)15-17-30)48(44,45)31-18-19-33(46-3)34(22-31)47-4/h6-20,22,25,32H,5,21,23-24H2,1-4H3,(H,39,43)/t25-,32+/m0/s1. The fourth-order valence-electron chi connectivity index (χ4n) is 5.07. The van der Waals surface area contributed by atoms with Crippen LogP contribution in [-0.2, 0) is 32.6 Å². The third kappa shape index (κ3) is 9.30. The van der Waals surface area contributed by atoms with E-state index < -0.39 is 28.5 Å². The molecule has 0 aliphatic heterocycles. The lowest BCUT2D eigenvalue weighted by atomic mass is 10.0. The topological polar surface area (TPSA) is 105 Å². The van der Waals surface area contributed by atoms with Gasteiger partial charge in [0.25, 0.3) is 10.0 Å². The molecule has 0 unspecified atom stereocenters. The van der Waals surface area contributed by atoms with Crippen molar-refractivity contribution < 1.29 is 27.5 Å². The number of amides is 2. The lowest BCUT2D eigenvalue weighted by Crippen LogP contribution is -2.54. The van der Waals surface area contributed by atoms with Crippen LogP contribution in [-0.4, -0.2) is 58.0 Å². The van der Waals surface area contributed by atoms with Crippen molar-refractivity contribution in [3.63, 3.8) is 0 Å². The Balaban J connectivity index is 1.83. The van der Waals surface area contributed by atoms with Gasteiger partial charge in [-0.2, -0.15) is 0 Å². The van der Waals surface area contributed by atoms with E-state index in [-0.39, 0.29) is 41.2 Å². The van der Waals surface area contributed by atoms with Gasteiger partial charge in [-0.05, 0) is 73.0 Å². The molecule has 2 amide bonds. The van der Waals surface area contributed by atoms with E-state index in [4.69, 9.17) is 21.1 Å². The molecule has 48 heavy (non-hydrogen) atoms. The Morgan fingerprint density at radius 2 is 1.54 bits per heavy atom. The summed E-state index contributed by atoms with van der Waals surface area (Å²) in [6.07, 6.45) is 0.906. The second-order valence-corrected chi connectivity index (χ2v) is 14.4. The number of carbonyl (C=O) groups is 2. The molecule has 2 atom stereocenters. The molecule has 0 aliphatic carbocycles. The lowest BCUT2D eigenvalue weighted by Gasteiger charge is -2.34. The molecular weight excluding hydrogens is 718 g/mol. The summed E-state index contributed by atoms with van der Waals surface area (Å²) < 4.78 is 41.2. The summed E-state index contributed by atoms with van der Waals surface area (Å²) in [7, 11) is -1.50. The minimum absolute atomic E-state index is 0.0502. The van der Waals surface area contributed by atoms with E-state index in [1.54, 1.807) is 12.1 Å². The van der Waals surface area contributed by atoms with Crippen molar-refractivity contribution >= 4 is 55.1 Å². The van der Waals surface area contributed by atoms with Gasteiger partial charge in [-0.3, -0.25) is 13.9 Å². The molecule has 0 aromatic heterocycles. The fourth-order valence-corrected chi connectivity index (χ4v) is 7.07. The van der Waals surface area contributed by atoms with Gasteiger partial charge in [-0.1, -0.05) is 76.9 Å². The van der Waals surface area contributed by atoms with E-state index in [0.29, 0.717) is 17.2 Å². The monoisotopic (exact) mass is 755 g/mol. The van der Waals surface area contributed by atoms with Gasteiger partial charge in [-0.15, -0.1) is 0 Å². The number of halogens is 2. The van der Waals surface area contributed by atoms with Crippen LogP contribution in [0.1, 0.15) is 31.4 Å². The van der Waals surface area contributed by atoms with E-state index in [1.807, 2.05) is 68.4 Å². The Morgan fingerprint density at radius 1 is 0.875 bits per heavy atom. The van der Waals surface area contributed by atoms with Gasteiger partial charge >= 0.3 is 0 Å². The summed E-state index contributed by atoms with van der Waals surface area (Å²) in [6.45, 7) is 3.31. The first-order valence-electron chi connectivity index (χ1n) is 15.3. The number of hydrogen-bond donors (Lipinski definition) is 1. The number of anilines is 1. The van der Waals surface area contributed by atoms with Gasteiger partial charge in [0.15, 0.2) is 11.5 Å². The van der Waals surface area contributed by atoms with Crippen molar-refractivity contribution in [1.29, 1.82) is 0 Å². The number of methoxy groups -OCH3 is 2. The number of benzene rings is 4. The molecule has 0 saturated carbocycles. The van der Waals surface area contributed by atoms with Crippen LogP contribution in [0, 0.1) is 0 Å². The van der Waals surface area contributed by atoms with Gasteiger partial charge in [0, 0.05) is 34.6 Å². The van der Waals surface area contributed by atoms with Gasteiger partial charge in [0.05, 0.1) is 24.8 Å². The summed E-state index contributed by atoms with van der Waals surface area (Å²) >= 11 is 9.67. The van der Waals surface area contributed by atoms with Crippen molar-refractivity contribution in [2.24, 2.45) is 0 Å². The van der Waals surface area contributed by atoms with Crippen molar-refractivity contribution in [3.8, 4) is 11.5 Å². The number of carbonyl (C=O) groups excluding carboxylic acids is 2. The number of sulfonamides is 1. The predicted molar refractivity (Wildman–Crippen MR) is 192 cm³/mol. The molecule has 254 valence electrons. The SMILES string of the molecule is CC[C@H](C)NC(=O)[C@@H](Cc1ccccc1)N(Cc1cccc(Br)c1)C(=O)CN(c1ccc(Cl)cc1)S(=O)(=O)c1ccc(OC)c(OC)c1. The summed E-state index contributed by atoms with van der Waals surface area (Å²) in [5, 5.41) is 3.44. The first kappa shape index (κ1) is 36.8. The molecule has 0 radical (unpaired) electrons. The summed E-state index contributed by atoms with van der Waals surface area (Å²) in [6, 6.07) is 26.1. The Kier molecular flexibility index (Phi) is 12.9. The average Bonchev–Trinajstić information content (AvgIpc) is 3.09. The molecule has 9 nitrogen and oxygen atoms in total. The van der Waals surface area contributed by atoms with Crippen LogP contribution in [0.5, 0.6) is 11.5 Å². The molecule has 0 aliphatic rings. The molecule has 4 rings (SSSR count). The van der Waals surface area contributed by atoms with E-state index >= 15 is 0 Å². The molecule has 0 spiro atoms. The van der Waals surface area contributed by atoms with Gasteiger partial charge in [0.1, 0.15) is 12.6 Å². The predicted octanol–water partition coefficient (Wildman–Crippen LogP) is 6.87. The highest BCUT2D eigenvalue weighted by atomic mass is 79.9. The maximum Gasteiger partial charge on any atom is 0.264 e. The van der Waals surface area contributed by atoms with Crippen LogP contribution in [0.4, 0.5) is 5.69 Å². The molecule has 0 bridgehead atoms. The molecule has 4 aromatic carbocycles.